The quantitative estimate of drug-likeness (QED) is 0.583. The van der Waals surface area contributed by atoms with Crippen LogP contribution in [-0.2, 0) is 4.79 Å². The van der Waals surface area contributed by atoms with Gasteiger partial charge in [-0.05, 0) is 36.4 Å². The molecule has 0 amide bonds. The topological polar surface area (TPSA) is 54.0 Å². The Morgan fingerprint density at radius 1 is 1.18 bits per heavy atom. The maximum atomic E-state index is 12.2. The fourth-order valence-electron chi connectivity index (χ4n) is 1.89. The van der Waals surface area contributed by atoms with Crippen LogP contribution < -0.4 is 0 Å². The van der Waals surface area contributed by atoms with Gasteiger partial charge in [-0.1, -0.05) is 32.4 Å². The van der Waals surface area contributed by atoms with Gasteiger partial charge in [0.25, 0.3) is 0 Å². The van der Waals surface area contributed by atoms with E-state index in [0.717, 1.165) is 5.56 Å². The number of nitriles is 1. The first-order valence-electron chi connectivity index (χ1n) is 6.83. The molecule has 0 aliphatic rings. The van der Waals surface area contributed by atoms with E-state index in [1.54, 1.807) is 45.0 Å². The second-order valence-electron chi connectivity index (χ2n) is 5.96. The summed E-state index contributed by atoms with van der Waals surface area (Å²) in [6.45, 7) is 5.34. The van der Waals surface area contributed by atoms with Crippen molar-refractivity contribution in [2.24, 2.45) is 5.41 Å². The lowest BCUT2D eigenvalue weighted by Gasteiger charge is -2.15. The molecular formula is C18H16ClNO2. The second kappa shape index (κ2) is 6.21. The lowest BCUT2D eigenvalue weighted by molar-refractivity contribution is -0.121. The van der Waals surface area contributed by atoms with Crippen LogP contribution in [0.2, 0.25) is 5.02 Å². The number of carbonyl (C=O) groups is 1. The van der Waals surface area contributed by atoms with Crippen LogP contribution in [0.5, 0.6) is 0 Å². The van der Waals surface area contributed by atoms with Crippen LogP contribution in [0.15, 0.2) is 46.4 Å². The third kappa shape index (κ3) is 3.66. The average molecular weight is 314 g/mol. The molecule has 0 N–H and O–H groups in total. The minimum atomic E-state index is -0.604. The van der Waals surface area contributed by atoms with Gasteiger partial charge in [0, 0.05) is 22.1 Å². The molecule has 4 heteroatoms. The Kier molecular flexibility index (Phi) is 4.54. The third-order valence-corrected chi connectivity index (χ3v) is 3.34. The highest BCUT2D eigenvalue weighted by Gasteiger charge is 2.25. The predicted octanol–water partition coefficient (Wildman–Crippen LogP) is 5.12. The van der Waals surface area contributed by atoms with Crippen molar-refractivity contribution in [2.75, 3.05) is 0 Å². The van der Waals surface area contributed by atoms with Gasteiger partial charge < -0.3 is 4.42 Å². The summed E-state index contributed by atoms with van der Waals surface area (Å²) in [4.78, 5) is 12.2. The SMILES string of the molecule is CC(C)(C)C(=O)/C(C#N)=C/c1ccc(-c2ccc(Cl)cc2)o1. The molecule has 1 aromatic carbocycles. The van der Waals surface area contributed by atoms with Crippen LogP contribution in [0.25, 0.3) is 17.4 Å². The Morgan fingerprint density at radius 3 is 2.36 bits per heavy atom. The van der Waals surface area contributed by atoms with E-state index in [-0.39, 0.29) is 11.4 Å². The highest BCUT2D eigenvalue weighted by Crippen LogP contribution is 2.26. The molecule has 0 atom stereocenters. The van der Waals surface area contributed by atoms with E-state index in [1.807, 2.05) is 18.2 Å². The largest absolute Gasteiger partial charge is 0.457 e. The molecule has 0 aliphatic carbocycles. The van der Waals surface area contributed by atoms with Crippen molar-refractivity contribution in [3.8, 4) is 17.4 Å². The van der Waals surface area contributed by atoms with E-state index in [2.05, 4.69) is 0 Å². The zero-order valence-corrected chi connectivity index (χ0v) is 13.4. The van der Waals surface area contributed by atoms with Crippen LogP contribution in [0.3, 0.4) is 0 Å². The Balaban J connectivity index is 2.31. The molecule has 0 spiro atoms. The van der Waals surface area contributed by atoms with Crippen LogP contribution in [0.4, 0.5) is 0 Å². The molecule has 22 heavy (non-hydrogen) atoms. The van der Waals surface area contributed by atoms with Crippen LogP contribution in [0.1, 0.15) is 26.5 Å². The zero-order chi connectivity index (χ0) is 16.3. The molecule has 0 saturated heterocycles. The number of nitrogens with zero attached hydrogens (tertiary/aromatic N) is 1. The van der Waals surface area contributed by atoms with E-state index in [9.17, 15) is 10.1 Å². The number of halogens is 1. The van der Waals surface area contributed by atoms with Crippen LogP contribution in [0, 0.1) is 16.7 Å². The molecule has 0 bridgehead atoms. The Bertz CT molecular complexity index is 756. The summed E-state index contributed by atoms with van der Waals surface area (Å²) in [6.07, 6.45) is 1.48. The van der Waals surface area contributed by atoms with Crippen LogP contribution in [-0.4, -0.2) is 5.78 Å². The summed E-state index contributed by atoms with van der Waals surface area (Å²) >= 11 is 5.86. The second-order valence-corrected chi connectivity index (χ2v) is 6.39. The van der Waals surface area contributed by atoms with Crippen molar-refractivity contribution < 1.29 is 9.21 Å². The van der Waals surface area contributed by atoms with Gasteiger partial charge in [-0.15, -0.1) is 0 Å². The zero-order valence-electron chi connectivity index (χ0n) is 12.7. The molecule has 0 unspecified atom stereocenters. The summed E-state index contributed by atoms with van der Waals surface area (Å²) < 4.78 is 5.68. The van der Waals surface area contributed by atoms with E-state index in [0.29, 0.717) is 16.5 Å². The number of ketones is 1. The molecule has 2 aromatic rings. The van der Waals surface area contributed by atoms with Gasteiger partial charge >= 0.3 is 0 Å². The van der Waals surface area contributed by atoms with E-state index in [4.69, 9.17) is 16.0 Å². The molecular weight excluding hydrogens is 298 g/mol. The Labute approximate surface area is 134 Å². The Hall–Kier alpha value is -2.31. The summed E-state index contributed by atoms with van der Waals surface area (Å²) in [6, 6.07) is 12.7. The smallest absolute Gasteiger partial charge is 0.178 e. The van der Waals surface area contributed by atoms with Gasteiger partial charge in [-0.3, -0.25) is 4.79 Å². The monoisotopic (exact) mass is 313 g/mol. The molecule has 3 nitrogen and oxygen atoms in total. The summed E-state index contributed by atoms with van der Waals surface area (Å²) in [7, 11) is 0. The number of benzene rings is 1. The molecule has 112 valence electrons. The van der Waals surface area contributed by atoms with Crippen molar-refractivity contribution >= 4 is 23.5 Å². The average Bonchev–Trinajstić information content (AvgIpc) is 2.92. The maximum absolute atomic E-state index is 12.2. The first-order chi connectivity index (χ1) is 10.3. The highest BCUT2D eigenvalue weighted by atomic mass is 35.5. The normalized spacial score (nSPS) is 12.0. The number of allylic oxidation sites excluding steroid dienone is 1. The van der Waals surface area contributed by atoms with Crippen molar-refractivity contribution in [3.05, 3.63) is 52.8 Å². The first kappa shape index (κ1) is 16.1. The van der Waals surface area contributed by atoms with Crippen molar-refractivity contribution in [1.29, 1.82) is 5.26 Å². The predicted molar refractivity (Wildman–Crippen MR) is 87.2 cm³/mol. The summed E-state index contributed by atoms with van der Waals surface area (Å²) in [5, 5.41) is 9.83. The number of hydrogen-bond donors (Lipinski definition) is 0. The molecule has 0 fully saturated rings. The van der Waals surface area contributed by atoms with Crippen molar-refractivity contribution in [1.82, 2.24) is 0 Å². The van der Waals surface area contributed by atoms with Crippen molar-refractivity contribution in [3.63, 3.8) is 0 Å². The van der Waals surface area contributed by atoms with Gasteiger partial charge in [0.1, 0.15) is 17.6 Å². The maximum Gasteiger partial charge on any atom is 0.178 e. The number of rotatable bonds is 3. The Morgan fingerprint density at radius 2 is 1.82 bits per heavy atom. The summed E-state index contributed by atoms with van der Waals surface area (Å²) in [5.74, 6) is 0.918. The van der Waals surface area contributed by atoms with Crippen LogP contribution >= 0.6 is 11.6 Å². The molecule has 0 radical (unpaired) electrons. The van der Waals surface area contributed by atoms with E-state index in [1.165, 1.54) is 6.08 Å². The first-order valence-corrected chi connectivity index (χ1v) is 7.21. The minimum Gasteiger partial charge on any atom is -0.457 e. The standard InChI is InChI=1S/C18H16ClNO2/c1-18(2,3)17(21)13(11-20)10-15-8-9-16(22-15)12-4-6-14(19)7-5-12/h4-10H,1-3H3/b13-10+. The van der Waals surface area contributed by atoms with E-state index < -0.39 is 5.41 Å². The molecule has 1 heterocycles. The number of furan rings is 1. The van der Waals surface area contributed by atoms with Gasteiger partial charge in [-0.25, -0.2) is 0 Å². The summed E-state index contributed by atoms with van der Waals surface area (Å²) in [5.41, 5.74) is 0.363. The lowest BCUT2D eigenvalue weighted by atomic mass is 9.86. The van der Waals surface area contributed by atoms with Gasteiger partial charge in [0.15, 0.2) is 5.78 Å². The minimum absolute atomic E-state index is 0.0875. The van der Waals surface area contributed by atoms with E-state index >= 15 is 0 Å². The molecule has 0 aliphatic heterocycles. The number of carbonyl (C=O) groups excluding carboxylic acids is 1. The molecule has 1 aromatic heterocycles. The third-order valence-electron chi connectivity index (χ3n) is 3.09. The molecule has 2 rings (SSSR count). The van der Waals surface area contributed by atoms with Gasteiger partial charge in [0.05, 0.1) is 5.57 Å². The van der Waals surface area contributed by atoms with Gasteiger partial charge in [0.2, 0.25) is 0 Å². The number of hydrogen-bond acceptors (Lipinski definition) is 3. The lowest BCUT2D eigenvalue weighted by Crippen LogP contribution is -2.21. The molecule has 0 saturated carbocycles. The highest BCUT2D eigenvalue weighted by molar-refractivity contribution is 6.30. The van der Waals surface area contributed by atoms with Crippen molar-refractivity contribution in [2.45, 2.75) is 20.8 Å². The fraction of sp³-hybridized carbons (Fsp3) is 0.222. The fourth-order valence-corrected chi connectivity index (χ4v) is 2.02. The number of Topliss-reactive ketones (excluding diaryl/α,β-unsaturated/α-hetero) is 1. The van der Waals surface area contributed by atoms with Gasteiger partial charge in [-0.2, -0.15) is 5.26 Å².